The van der Waals surface area contributed by atoms with E-state index >= 15 is 0 Å². The van der Waals surface area contributed by atoms with E-state index in [1.165, 1.54) is 25.3 Å². The van der Waals surface area contributed by atoms with Crippen molar-refractivity contribution in [1.82, 2.24) is 10.2 Å². The minimum atomic E-state index is -0.818. The Morgan fingerprint density at radius 3 is 2.23 bits per heavy atom. The lowest BCUT2D eigenvalue weighted by molar-refractivity contribution is -0.130. The SMILES string of the molecule is CCCOc1ccc(CN2C(=O)NC(=O)/C(=C\c3cc(Cl)c(OCCC)c(Cl)c3)C2=O)cc1OC. The van der Waals surface area contributed by atoms with E-state index < -0.39 is 17.8 Å². The summed E-state index contributed by atoms with van der Waals surface area (Å²) in [5.74, 6) is -0.196. The maximum absolute atomic E-state index is 13.1. The molecule has 0 unspecified atom stereocenters. The molecule has 1 N–H and O–H groups in total. The van der Waals surface area contributed by atoms with Crippen molar-refractivity contribution < 1.29 is 28.6 Å². The van der Waals surface area contributed by atoms with Crippen molar-refractivity contribution in [3.63, 3.8) is 0 Å². The Labute approximate surface area is 213 Å². The molecule has 186 valence electrons. The number of nitrogens with one attached hydrogen (secondary N) is 1. The molecule has 10 heteroatoms. The Morgan fingerprint density at radius 1 is 0.943 bits per heavy atom. The van der Waals surface area contributed by atoms with E-state index in [0.717, 1.165) is 17.7 Å². The largest absolute Gasteiger partial charge is 0.493 e. The molecule has 3 rings (SSSR count). The van der Waals surface area contributed by atoms with Gasteiger partial charge in [0.25, 0.3) is 11.8 Å². The maximum Gasteiger partial charge on any atom is 0.331 e. The lowest BCUT2D eigenvalue weighted by atomic mass is 10.1. The average molecular weight is 521 g/mol. The van der Waals surface area contributed by atoms with E-state index in [9.17, 15) is 14.4 Å². The highest BCUT2D eigenvalue weighted by Gasteiger charge is 2.36. The van der Waals surface area contributed by atoms with E-state index in [-0.39, 0.29) is 22.2 Å². The maximum atomic E-state index is 13.1. The van der Waals surface area contributed by atoms with Crippen molar-refractivity contribution in [3.8, 4) is 17.2 Å². The molecule has 0 spiro atoms. The second kappa shape index (κ2) is 12.0. The molecule has 0 aliphatic carbocycles. The van der Waals surface area contributed by atoms with Gasteiger partial charge >= 0.3 is 6.03 Å². The number of urea groups is 1. The zero-order valence-corrected chi connectivity index (χ0v) is 21.2. The van der Waals surface area contributed by atoms with Crippen LogP contribution in [-0.4, -0.2) is 43.1 Å². The molecule has 4 amide bonds. The van der Waals surface area contributed by atoms with Crippen LogP contribution in [0, 0.1) is 0 Å². The standard InChI is InChI=1S/C25H26Cl2N2O6/c1-4-8-34-20-7-6-15(13-21(20)33-3)14-29-24(31)17(23(30)28-25(29)32)10-16-11-18(26)22(19(27)12-16)35-9-5-2/h6-7,10-13H,4-5,8-9,14H2,1-3H3,(H,28,30,32)/b17-10+. The number of amides is 4. The number of carbonyl (C=O) groups is 3. The zero-order chi connectivity index (χ0) is 25.5. The van der Waals surface area contributed by atoms with Gasteiger partial charge in [0.05, 0.1) is 36.9 Å². The first kappa shape index (κ1) is 26.4. The number of carbonyl (C=O) groups excluding carboxylic acids is 3. The van der Waals surface area contributed by atoms with Crippen molar-refractivity contribution in [2.24, 2.45) is 0 Å². The molecule has 2 aromatic carbocycles. The fourth-order valence-corrected chi connectivity index (χ4v) is 3.95. The normalized spacial score (nSPS) is 14.8. The predicted molar refractivity (Wildman–Crippen MR) is 133 cm³/mol. The van der Waals surface area contributed by atoms with Gasteiger partial charge in [0, 0.05) is 0 Å². The molecular formula is C25H26Cl2N2O6. The Hall–Kier alpha value is -3.23. The number of hydrogen-bond acceptors (Lipinski definition) is 6. The average Bonchev–Trinajstić information content (AvgIpc) is 2.83. The number of barbiturate groups is 1. The van der Waals surface area contributed by atoms with Gasteiger partial charge in [0.15, 0.2) is 17.2 Å². The molecule has 8 nitrogen and oxygen atoms in total. The first-order valence-corrected chi connectivity index (χ1v) is 11.8. The van der Waals surface area contributed by atoms with E-state index in [4.69, 9.17) is 37.4 Å². The van der Waals surface area contributed by atoms with Crippen molar-refractivity contribution in [2.45, 2.75) is 33.2 Å². The molecule has 0 aromatic heterocycles. The molecule has 1 saturated heterocycles. The second-order valence-corrected chi connectivity index (χ2v) is 8.52. The van der Waals surface area contributed by atoms with Gasteiger partial charge in [0.2, 0.25) is 0 Å². The Morgan fingerprint density at radius 2 is 1.60 bits per heavy atom. The quantitative estimate of drug-likeness (QED) is 0.340. The molecule has 0 bridgehead atoms. The van der Waals surface area contributed by atoms with Crippen LogP contribution in [0.4, 0.5) is 4.79 Å². The number of imide groups is 2. The molecular weight excluding hydrogens is 495 g/mol. The van der Waals surface area contributed by atoms with Crippen molar-refractivity contribution in [1.29, 1.82) is 0 Å². The lowest BCUT2D eigenvalue weighted by Crippen LogP contribution is -2.53. The van der Waals surface area contributed by atoms with E-state index in [0.29, 0.717) is 41.6 Å². The zero-order valence-electron chi connectivity index (χ0n) is 19.7. The van der Waals surface area contributed by atoms with Crippen LogP contribution in [0.15, 0.2) is 35.9 Å². The molecule has 35 heavy (non-hydrogen) atoms. The molecule has 2 aromatic rings. The summed E-state index contributed by atoms with van der Waals surface area (Å²) < 4.78 is 16.6. The number of methoxy groups -OCH3 is 1. The highest BCUT2D eigenvalue weighted by molar-refractivity contribution is 6.37. The van der Waals surface area contributed by atoms with Crippen LogP contribution in [0.2, 0.25) is 10.0 Å². The summed E-state index contributed by atoms with van der Waals surface area (Å²) >= 11 is 12.6. The summed E-state index contributed by atoms with van der Waals surface area (Å²) in [5, 5.41) is 2.68. The minimum absolute atomic E-state index is 0.0784. The first-order valence-electron chi connectivity index (χ1n) is 11.1. The molecule has 1 fully saturated rings. The van der Waals surface area contributed by atoms with Crippen LogP contribution >= 0.6 is 23.2 Å². The summed E-state index contributed by atoms with van der Waals surface area (Å²) in [6, 6.07) is 7.37. The number of halogens is 2. The van der Waals surface area contributed by atoms with Crippen LogP contribution in [0.3, 0.4) is 0 Å². The number of rotatable bonds is 10. The van der Waals surface area contributed by atoms with E-state index in [2.05, 4.69) is 5.32 Å². The lowest BCUT2D eigenvalue weighted by Gasteiger charge is -2.26. The highest BCUT2D eigenvalue weighted by atomic mass is 35.5. The topological polar surface area (TPSA) is 94.2 Å². The van der Waals surface area contributed by atoms with E-state index in [1.807, 2.05) is 13.8 Å². The van der Waals surface area contributed by atoms with Crippen LogP contribution in [0.5, 0.6) is 17.2 Å². The number of hydrogen-bond donors (Lipinski definition) is 1. The predicted octanol–water partition coefficient (Wildman–Crippen LogP) is 5.24. The van der Waals surface area contributed by atoms with Gasteiger partial charge in [-0.05, 0) is 54.3 Å². The van der Waals surface area contributed by atoms with Crippen molar-refractivity contribution in [2.75, 3.05) is 20.3 Å². The minimum Gasteiger partial charge on any atom is -0.493 e. The van der Waals surface area contributed by atoms with E-state index in [1.54, 1.807) is 18.2 Å². The van der Waals surface area contributed by atoms with Crippen molar-refractivity contribution in [3.05, 3.63) is 57.1 Å². The molecule has 0 radical (unpaired) electrons. The summed E-state index contributed by atoms with van der Waals surface area (Å²) in [4.78, 5) is 39.0. The van der Waals surface area contributed by atoms with Gasteiger partial charge in [0.1, 0.15) is 5.57 Å². The molecule has 1 aliphatic rings. The third-order valence-corrected chi connectivity index (χ3v) is 5.56. The fraction of sp³-hybridized carbons (Fsp3) is 0.320. The molecule has 0 atom stereocenters. The van der Waals surface area contributed by atoms with Gasteiger partial charge < -0.3 is 14.2 Å². The number of benzene rings is 2. The third kappa shape index (κ3) is 6.26. The van der Waals surface area contributed by atoms with Gasteiger partial charge in [-0.25, -0.2) is 4.79 Å². The van der Waals surface area contributed by atoms with Crippen LogP contribution in [0.1, 0.15) is 37.8 Å². The Balaban J connectivity index is 1.87. The highest BCUT2D eigenvalue weighted by Crippen LogP contribution is 2.35. The summed E-state index contributed by atoms with van der Waals surface area (Å²) in [6.45, 7) is 4.83. The number of ether oxygens (including phenoxy) is 3. The van der Waals surface area contributed by atoms with Gasteiger partial charge in [-0.3, -0.25) is 19.8 Å². The van der Waals surface area contributed by atoms with Crippen molar-refractivity contribution >= 4 is 47.1 Å². The fourth-order valence-electron chi connectivity index (χ4n) is 3.33. The third-order valence-electron chi connectivity index (χ3n) is 5.00. The number of nitrogens with zero attached hydrogens (tertiary/aromatic N) is 1. The van der Waals surface area contributed by atoms with Gasteiger partial charge in [-0.2, -0.15) is 0 Å². The monoisotopic (exact) mass is 520 g/mol. The van der Waals surface area contributed by atoms with Crippen LogP contribution in [0.25, 0.3) is 6.08 Å². The molecule has 1 aliphatic heterocycles. The van der Waals surface area contributed by atoms with Crippen LogP contribution in [-0.2, 0) is 16.1 Å². The van der Waals surface area contributed by atoms with Crippen LogP contribution < -0.4 is 19.5 Å². The first-order chi connectivity index (χ1) is 16.8. The summed E-state index contributed by atoms with van der Waals surface area (Å²) in [7, 11) is 1.50. The van der Waals surface area contributed by atoms with Gasteiger partial charge in [-0.15, -0.1) is 0 Å². The molecule has 1 heterocycles. The summed E-state index contributed by atoms with van der Waals surface area (Å²) in [6.07, 6.45) is 2.94. The van der Waals surface area contributed by atoms with Gasteiger partial charge in [-0.1, -0.05) is 43.1 Å². The second-order valence-electron chi connectivity index (χ2n) is 7.70. The summed E-state index contributed by atoms with van der Waals surface area (Å²) in [5.41, 5.74) is 0.802. The Kier molecular flexibility index (Phi) is 9.01. The molecule has 0 saturated carbocycles. The Bertz CT molecular complexity index is 1140. The smallest absolute Gasteiger partial charge is 0.331 e.